The molecule has 1 aliphatic heterocycles. The number of thiazole rings is 1. The van der Waals surface area contributed by atoms with Crippen LogP contribution in [0.5, 0.6) is 5.75 Å². The molecule has 1 aliphatic rings. The molecular formula is C21H24N4O3S. The minimum Gasteiger partial charge on any atom is -0.494 e. The SMILES string of the molecule is COc1ccc(N2CCOCC2)c2sc(NC(=O)c3cccc(C(C)N)c3)nc12. The summed E-state index contributed by atoms with van der Waals surface area (Å²) in [6, 6.07) is 11.2. The smallest absolute Gasteiger partial charge is 0.257 e. The van der Waals surface area contributed by atoms with Crippen LogP contribution in [0.1, 0.15) is 28.9 Å². The number of carbonyl (C=O) groups is 1. The van der Waals surface area contributed by atoms with Crippen molar-refractivity contribution >= 4 is 38.3 Å². The van der Waals surface area contributed by atoms with E-state index in [4.69, 9.17) is 15.2 Å². The summed E-state index contributed by atoms with van der Waals surface area (Å²) in [6.45, 7) is 4.94. The molecule has 1 saturated heterocycles. The third-order valence-electron chi connectivity index (χ3n) is 4.95. The lowest BCUT2D eigenvalue weighted by Crippen LogP contribution is -2.36. The highest BCUT2D eigenvalue weighted by molar-refractivity contribution is 7.23. The van der Waals surface area contributed by atoms with E-state index >= 15 is 0 Å². The van der Waals surface area contributed by atoms with Crippen LogP contribution in [-0.4, -0.2) is 44.3 Å². The molecule has 152 valence electrons. The lowest BCUT2D eigenvalue weighted by atomic mass is 10.1. The molecule has 0 saturated carbocycles. The first kappa shape index (κ1) is 19.6. The fourth-order valence-electron chi connectivity index (χ4n) is 3.37. The number of nitrogens with zero attached hydrogens (tertiary/aromatic N) is 2. The van der Waals surface area contributed by atoms with E-state index in [1.807, 2.05) is 37.3 Å². The van der Waals surface area contributed by atoms with E-state index in [1.165, 1.54) is 11.3 Å². The van der Waals surface area contributed by atoms with Gasteiger partial charge in [0.05, 0.1) is 30.7 Å². The third kappa shape index (κ3) is 4.05. The molecule has 4 rings (SSSR count). The lowest BCUT2D eigenvalue weighted by Gasteiger charge is -2.29. The molecule has 7 nitrogen and oxygen atoms in total. The van der Waals surface area contributed by atoms with Crippen molar-refractivity contribution in [3.05, 3.63) is 47.5 Å². The van der Waals surface area contributed by atoms with Gasteiger partial charge in [-0.25, -0.2) is 4.98 Å². The van der Waals surface area contributed by atoms with Crippen LogP contribution in [-0.2, 0) is 4.74 Å². The molecule has 1 amide bonds. The zero-order valence-corrected chi connectivity index (χ0v) is 17.3. The molecular weight excluding hydrogens is 388 g/mol. The van der Waals surface area contributed by atoms with E-state index < -0.39 is 0 Å². The van der Waals surface area contributed by atoms with E-state index in [9.17, 15) is 4.79 Å². The summed E-state index contributed by atoms with van der Waals surface area (Å²) in [5, 5.41) is 3.46. The minimum atomic E-state index is -0.210. The highest BCUT2D eigenvalue weighted by Crippen LogP contribution is 2.39. The number of amides is 1. The molecule has 0 bridgehead atoms. The van der Waals surface area contributed by atoms with Gasteiger partial charge in [0.25, 0.3) is 5.91 Å². The second-order valence-corrected chi connectivity index (χ2v) is 7.95. The molecule has 1 fully saturated rings. The Balaban J connectivity index is 1.66. The maximum absolute atomic E-state index is 12.8. The standard InChI is InChI=1S/C21H24N4O3S/c1-13(22)14-4-3-5-15(12-14)20(26)24-21-23-18-17(27-2)7-6-16(19(18)29-21)25-8-10-28-11-9-25/h3-7,12-13H,8-11,22H2,1-2H3,(H,23,24,26). The second-order valence-electron chi connectivity index (χ2n) is 6.95. The van der Waals surface area contributed by atoms with E-state index in [0.717, 1.165) is 34.6 Å². The van der Waals surface area contributed by atoms with Crippen LogP contribution in [0, 0.1) is 0 Å². The van der Waals surface area contributed by atoms with Crippen LogP contribution in [0.4, 0.5) is 10.8 Å². The molecule has 8 heteroatoms. The summed E-state index contributed by atoms with van der Waals surface area (Å²) in [7, 11) is 1.63. The zero-order valence-electron chi connectivity index (χ0n) is 16.5. The van der Waals surface area contributed by atoms with Crippen molar-refractivity contribution in [1.82, 2.24) is 4.98 Å². The van der Waals surface area contributed by atoms with Gasteiger partial charge in [0.15, 0.2) is 5.13 Å². The van der Waals surface area contributed by atoms with Crippen molar-refractivity contribution in [2.75, 3.05) is 43.6 Å². The summed E-state index contributed by atoms with van der Waals surface area (Å²) in [6.07, 6.45) is 0. The van der Waals surface area contributed by atoms with E-state index in [2.05, 4.69) is 15.2 Å². The van der Waals surface area contributed by atoms with Crippen molar-refractivity contribution in [3.63, 3.8) is 0 Å². The Hall–Kier alpha value is -2.68. The van der Waals surface area contributed by atoms with Crippen LogP contribution in [0.25, 0.3) is 10.2 Å². The summed E-state index contributed by atoms with van der Waals surface area (Å²) in [4.78, 5) is 19.7. The van der Waals surface area contributed by atoms with Crippen LogP contribution in [0.2, 0.25) is 0 Å². The van der Waals surface area contributed by atoms with Gasteiger partial charge in [0, 0.05) is 24.7 Å². The largest absolute Gasteiger partial charge is 0.494 e. The van der Waals surface area contributed by atoms with Gasteiger partial charge in [-0.2, -0.15) is 0 Å². The molecule has 3 aromatic rings. The van der Waals surface area contributed by atoms with Crippen molar-refractivity contribution in [1.29, 1.82) is 0 Å². The number of anilines is 2. The average molecular weight is 413 g/mol. The number of benzene rings is 2. The molecule has 29 heavy (non-hydrogen) atoms. The quantitative estimate of drug-likeness (QED) is 0.667. The first-order valence-electron chi connectivity index (χ1n) is 9.54. The minimum absolute atomic E-state index is 0.134. The molecule has 1 unspecified atom stereocenters. The maximum atomic E-state index is 12.8. The number of rotatable bonds is 5. The Kier molecular flexibility index (Phi) is 5.66. The first-order valence-corrected chi connectivity index (χ1v) is 10.4. The van der Waals surface area contributed by atoms with Crippen molar-refractivity contribution in [2.45, 2.75) is 13.0 Å². The van der Waals surface area contributed by atoms with Gasteiger partial charge in [-0.05, 0) is 36.8 Å². The van der Waals surface area contributed by atoms with Gasteiger partial charge >= 0.3 is 0 Å². The molecule has 1 aromatic heterocycles. The molecule has 2 aromatic carbocycles. The number of fused-ring (bicyclic) bond motifs is 1. The molecule has 2 heterocycles. The monoisotopic (exact) mass is 412 g/mol. The zero-order chi connectivity index (χ0) is 20.4. The molecule has 1 atom stereocenters. The number of ether oxygens (including phenoxy) is 2. The van der Waals surface area contributed by atoms with Crippen LogP contribution in [0.3, 0.4) is 0 Å². The maximum Gasteiger partial charge on any atom is 0.257 e. The highest BCUT2D eigenvalue weighted by atomic mass is 32.1. The normalized spacial score (nSPS) is 15.3. The first-order chi connectivity index (χ1) is 14.1. The number of methoxy groups -OCH3 is 1. The van der Waals surface area contributed by atoms with Crippen molar-refractivity contribution in [2.24, 2.45) is 5.73 Å². The number of morpholine rings is 1. The average Bonchev–Trinajstić information content (AvgIpc) is 3.17. The summed E-state index contributed by atoms with van der Waals surface area (Å²) >= 11 is 1.45. The van der Waals surface area contributed by atoms with E-state index in [0.29, 0.717) is 29.7 Å². The Labute approximate surface area is 173 Å². The van der Waals surface area contributed by atoms with Crippen molar-refractivity contribution < 1.29 is 14.3 Å². The van der Waals surface area contributed by atoms with Gasteiger partial charge < -0.3 is 20.1 Å². The predicted molar refractivity (Wildman–Crippen MR) is 116 cm³/mol. The van der Waals surface area contributed by atoms with Gasteiger partial charge in [-0.15, -0.1) is 0 Å². The fourth-order valence-corrected chi connectivity index (χ4v) is 4.39. The fraction of sp³-hybridized carbons (Fsp3) is 0.333. The lowest BCUT2D eigenvalue weighted by molar-refractivity contribution is 0.102. The Morgan fingerprint density at radius 2 is 2.10 bits per heavy atom. The second kappa shape index (κ2) is 8.36. The van der Waals surface area contributed by atoms with Crippen LogP contribution in [0.15, 0.2) is 36.4 Å². The van der Waals surface area contributed by atoms with E-state index in [1.54, 1.807) is 13.2 Å². The summed E-state index contributed by atoms with van der Waals surface area (Å²) < 4.78 is 11.9. The van der Waals surface area contributed by atoms with Crippen LogP contribution >= 0.6 is 11.3 Å². The molecule has 0 aliphatic carbocycles. The van der Waals surface area contributed by atoms with Gasteiger partial charge in [0.2, 0.25) is 0 Å². The summed E-state index contributed by atoms with van der Waals surface area (Å²) in [5.74, 6) is 0.478. The van der Waals surface area contributed by atoms with Gasteiger partial charge in [-0.3, -0.25) is 10.1 Å². The third-order valence-corrected chi connectivity index (χ3v) is 5.95. The summed E-state index contributed by atoms with van der Waals surface area (Å²) in [5.41, 5.74) is 9.24. The number of nitrogens with two attached hydrogens (primary N) is 1. The molecule has 0 spiro atoms. The Morgan fingerprint density at radius 1 is 1.31 bits per heavy atom. The number of hydrogen-bond acceptors (Lipinski definition) is 7. The Bertz CT molecular complexity index is 1030. The van der Waals surface area contributed by atoms with Crippen molar-refractivity contribution in [3.8, 4) is 5.75 Å². The topological polar surface area (TPSA) is 89.7 Å². The highest BCUT2D eigenvalue weighted by Gasteiger charge is 2.20. The number of hydrogen-bond donors (Lipinski definition) is 2. The number of aromatic nitrogens is 1. The van der Waals surface area contributed by atoms with Gasteiger partial charge in [-0.1, -0.05) is 23.5 Å². The van der Waals surface area contributed by atoms with E-state index in [-0.39, 0.29) is 11.9 Å². The number of nitrogens with one attached hydrogen (secondary N) is 1. The predicted octanol–water partition coefficient (Wildman–Crippen LogP) is 3.41. The Morgan fingerprint density at radius 3 is 2.83 bits per heavy atom. The van der Waals surface area contributed by atoms with Crippen LogP contribution < -0.4 is 20.7 Å². The number of carbonyl (C=O) groups excluding carboxylic acids is 1. The molecule has 3 N–H and O–H groups in total. The molecule has 0 radical (unpaired) electrons. The van der Waals surface area contributed by atoms with Gasteiger partial charge in [0.1, 0.15) is 11.3 Å².